The topological polar surface area (TPSA) is 20.2 Å². The maximum absolute atomic E-state index is 10.3. The minimum Gasteiger partial charge on any atom is -0.508 e. The largest absolute Gasteiger partial charge is 0.508 e. The van der Waals surface area contributed by atoms with Gasteiger partial charge < -0.3 is 5.11 Å². The average Bonchev–Trinajstić information content (AvgIpc) is 2.53. The SMILES string of the molecule is CCCCC(C)(C)c1ccc(O)c(C(C)c2ccccc2)c1. The first-order chi connectivity index (χ1) is 10.5. The van der Waals surface area contributed by atoms with E-state index in [1.807, 2.05) is 12.1 Å². The Kier molecular flexibility index (Phi) is 5.28. The standard InChI is InChI=1S/C21H28O/c1-5-6-14-21(3,4)18-12-13-20(22)19(15-18)16(2)17-10-8-7-9-11-17/h7-13,15-16,22H,5-6,14H2,1-4H3. The Bertz CT molecular complexity index is 599. The summed E-state index contributed by atoms with van der Waals surface area (Å²) in [5, 5.41) is 10.3. The second-order valence-electron chi connectivity index (χ2n) is 6.89. The summed E-state index contributed by atoms with van der Waals surface area (Å²) in [4.78, 5) is 0. The predicted molar refractivity (Wildman–Crippen MR) is 94.6 cm³/mol. The summed E-state index contributed by atoms with van der Waals surface area (Å²) in [5.74, 6) is 0.592. The molecule has 1 atom stereocenters. The van der Waals surface area contributed by atoms with Crippen molar-refractivity contribution in [2.75, 3.05) is 0 Å². The quantitative estimate of drug-likeness (QED) is 0.692. The van der Waals surface area contributed by atoms with E-state index in [0.29, 0.717) is 5.75 Å². The number of unbranched alkanes of at least 4 members (excludes halogenated alkanes) is 1. The summed E-state index contributed by atoms with van der Waals surface area (Å²) < 4.78 is 0. The number of benzene rings is 2. The highest BCUT2D eigenvalue weighted by molar-refractivity contribution is 5.44. The van der Waals surface area contributed by atoms with Gasteiger partial charge in [-0.3, -0.25) is 0 Å². The third-order valence-corrected chi connectivity index (χ3v) is 4.73. The van der Waals surface area contributed by atoms with Crippen LogP contribution < -0.4 is 0 Å². The Morgan fingerprint density at radius 2 is 1.73 bits per heavy atom. The van der Waals surface area contributed by atoms with Gasteiger partial charge in [0.2, 0.25) is 0 Å². The molecular weight excluding hydrogens is 268 g/mol. The summed E-state index contributed by atoms with van der Waals surface area (Å²) in [5.41, 5.74) is 3.72. The molecule has 0 fully saturated rings. The lowest BCUT2D eigenvalue weighted by atomic mass is 9.78. The Morgan fingerprint density at radius 3 is 2.36 bits per heavy atom. The molecule has 0 aliphatic carbocycles. The van der Waals surface area contributed by atoms with E-state index in [0.717, 1.165) is 5.56 Å². The lowest BCUT2D eigenvalue weighted by Gasteiger charge is -2.27. The second kappa shape index (κ2) is 7.00. The molecule has 0 amide bonds. The fourth-order valence-corrected chi connectivity index (χ4v) is 3.01. The van der Waals surface area contributed by atoms with Crippen molar-refractivity contribution < 1.29 is 5.11 Å². The summed E-state index contributed by atoms with van der Waals surface area (Å²) in [6.45, 7) is 8.99. The first kappa shape index (κ1) is 16.6. The van der Waals surface area contributed by atoms with Crippen LogP contribution in [0.5, 0.6) is 5.75 Å². The van der Waals surface area contributed by atoms with Crippen molar-refractivity contribution in [2.45, 2.75) is 58.3 Å². The van der Waals surface area contributed by atoms with Gasteiger partial charge in [-0.05, 0) is 29.0 Å². The molecule has 1 unspecified atom stereocenters. The molecule has 2 aromatic carbocycles. The second-order valence-corrected chi connectivity index (χ2v) is 6.89. The van der Waals surface area contributed by atoms with E-state index < -0.39 is 0 Å². The molecule has 2 aromatic rings. The van der Waals surface area contributed by atoms with Crippen molar-refractivity contribution in [2.24, 2.45) is 0 Å². The summed E-state index contributed by atoms with van der Waals surface area (Å²) in [6.07, 6.45) is 3.62. The lowest BCUT2D eigenvalue weighted by Crippen LogP contribution is -2.17. The highest BCUT2D eigenvalue weighted by Crippen LogP contribution is 2.36. The molecule has 1 nitrogen and oxygen atoms in total. The van der Waals surface area contributed by atoms with E-state index in [4.69, 9.17) is 0 Å². The fourth-order valence-electron chi connectivity index (χ4n) is 3.01. The van der Waals surface area contributed by atoms with Gasteiger partial charge >= 0.3 is 0 Å². The van der Waals surface area contributed by atoms with Crippen molar-refractivity contribution in [3.05, 3.63) is 65.2 Å². The van der Waals surface area contributed by atoms with Gasteiger partial charge in [-0.1, -0.05) is 83.0 Å². The molecule has 0 aliphatic heterocycles. The van der Waals surface area contributed by atoms with Gasteiger partial charge in [0.1, 0.15) is 5.75 Å². The van der Waals surface area contributed by atoms with E-state index >= 15 is 0 Å². The average molecular weight is 296 g/mol. The number of rotatable bonds is 6. The Balaban J connectivity index is 2.35. The highest BCUT2D eigenvalue weighted by Gasteiger charge is 2.22. The Labute approximate surface area is 135 Å². The van der Waals surface area contributed by atoms with E-state index in [1.54, 1.807) is 0 Å². The normalized spacial score (nSPS) is 13.1. The molecule has 0 aliphatic rings. The van der Waals surface area contributed by atoms with Gasteiger partial charge in [-0.25, -0.2) is 0 Å². The Hall–Kier alpha value is -1.76. The van der Waals surface area contributed by atoms with Gasteiger partial charge in [0, 0.05) is 11.5 Å². The number of phenols is 1. The maximum atomic E-state index is 10.3. The molecule has 0 spiro atoms. The molecule has 1 N–H and O–H groups in total. The van der Waals surface area contributed by atoms with Crippen molar-refractivity contribution in [3.8, 4) is 5.75 Å². The summed E-state index contributed by atoms with van der Waals surface area (Å²) in [6, 6.07) is 16.5. The molecule has 0 aromatic heterocycles. The van der Waals surface area contributed by atoms with Crippen LogP contribution in [0.2, 0.25) is 0 Å². The Morgan fingerprint density at radius 1 is 1.05 bits per heavy atom. The molecule has 1 heteroatoms. The van der Waals surface area contributed by atoms with Gasteiger partial charge in [-0.2, -0.15) is 0 Å². The highest BCUT2D eigenvalue weighted by atomic mass is 16.3. The minimum absolute atomic E-state index is 0.148. The predicted octanol–water partition coefficient (Wildman–Crippen LogP) is 6.01. The zero-order valence-corrected chi connectivity index (χ0v) is 14.3. The third kappa shape index (κ3) is 3.71. The van der Waals surface area contributed by atoms with Crippen LogP contribution in [0.25, 0.3) is 0 Å². The van der Waals surface area contributed by atoms with E-state index in [9.17, 15) is 5.11 Å². The van der Waals surface area contributed by atoms with Crippen LogP contribution in [0.3, 0.4) is 0 Å². The number of aromatic hydroxyl groups is 1. The molecule has 22 heavy (non-hydrogen) atoms. The van der Waals surface area contributed by atoms with Crippen molar-refractivity contribution in [3.63, 3.8) is 0 Å². The van der Waals surface area contributed by atoms with Crippen molar-refractivity contribution in [1.29, 1.82) is 0 Å². The van der Waals surface area contributed by atoms with E-state index in [1.165, 1.54) is 30.4 Å². The van der Waals surface area contributed by atoms with Crippen LogP contribution in [0, 0.1) is 0 Å². The van der Waals surface area contributed by atoms with Crippen LogP contribution in [0.15, 0.2) is 48.5 Å². The summed E-state index contributed by atoms with van der Waals surface area (Å²) in [7, 11) is 0. The zero-order valence-electron chi connectivity index (χ0n) is 14.3. The third-order valence-electron chi connectivity index (χ3n) is 4.73. The van der Waals surface area contributed by atoms with Crippen LogP contribution in [0.4, 0.5) is 0 Å². The molecule has 0 radical (unpaired) electrons. The molecule has 0 bridgehead atoms. The molecule has 118 valence electrons. The number of phenolic OH excluding ortho intramolecular Hbond substituents is 1. The monoisotopic (exact) mass is 296 g/mol. The number of hydrogen-bond acceptors (Lipinski definition) is 1. The molecule has 0 saturated carbocycles. The lowest BCUT2D eigenvalue weighted by molar-refractivity contribution is 0.448. The smallest absolute Gasteiger partial charge is 0.119 e. The van der Waals surface area contributed by atoms with Crippen molar-refractivity contribution in [1.82, 2.24) is 0 Å². The first-order valence-corrected chi connectivity index (χ1v) is 8.34. The van der Waals surface area contributed by atoms with Crippen molar-refractivity contribution >= 4 is 0 Å². The fraction of sp³-hybridized carbons (Fsp3) is 0.429. The van der Waals surface area contributed by atoms with Crippen LogP contribution in [0.1, 0.15) is 69.6 Å². The van der Waals surface area contributed by atoms with Crippen LogP contribution in [-0.2, 0) is 5.41 Å². The molecule has 0 saturated heterocycles. The van der Waals surface area contributed by atoms with Gasteiger partial charge in [0.05, 0.1) is 0 Å². The minimum atomic E-state index is 0.148. The van der Waals surface area contributed by atoms with Gasteiger partial charge in [-0.15, -0.1) is 0 Å². The number of hydrogen-bond donors (Lipinski definition) is 1. The zero-order chi connectivity index (χ0) is 16.2. The van der Waals surface area contributed by atoms with Gasteiger partial charge in [0.25, 0.3) is 0 Å². The van der Waals surface area contributed by atoms with Crippen LogP contribution in [-0.4, -0.2) is 5.11 Å². The van der Waals surface area contributed by atoms with E-state index in [-0.39, 0.29) is 11.3 Å². The van der Waals surface area contributed by atoms with Crippen LogP contribution >= 0.6 is 0 Å². The maximum Gasteiger partial charge on any atom is 0.119 e. The van der Waals surface area contributed by atoms with Gasteiger partial charge in [0.15, 0.2) is 0 Å². The van der Waals surface area contributed by atoms with E-state index in [2.05, 4.69) is 64.1 Å². The molecular formula is C21H28O. The molecule has 2 rings (SSSR count). The molecule has 0 heterocycles. The first-order valence-electron chi connectivity index (χ1n) is 8.34. The summed E-state index contributed by atoms with van der Waals surface area (Å²) >= 11 is 0.